The van der Waals surface area contributed by atoms with Crippen LogP contribution < -0.4 is 5.32 Å². The van der Waals surface area contributed by atoms with Crippen molar-refractivity contribution < 1.29 is 9.15 Å². The van der Waals surface area contributed by atoms with Gasteiger partial charge in [0, 0.05) is 35.2 Å². The fourth-order valence-electron chi connectivity index (χ4n) is 4.86. The third-order valence-electron chi connectivity index (χ3n) is 6.09. The smallest absolute Gasteiger partial charge is 0.226 e. The lowest BCUT2D eigenvalue weighted by molar-refractivity contribution is -0.158. The van der Waals surface area contributed by atoms with Crippen molar-refractivity contribution in [2.45, 2.75) is 44.8 Å². The molecular weight excluding hydrogens is 288 g/mol. The van der Waals surface area contributed by atoms with Gasteiger partial charge in [0.2, 0.25) is 5.89 Å². The predicted octanol–water partition coefficient (Wildman–Crippen LogP) is 4.02. The van der Waals surface area contributed by atoms with E-state index in [-0.39, 0.29) is 0 Å². The van der Waals surface area contributed by atoms with Gasteiger partial charge >= 0.3 is 0 Å². The fourth-order valence-corrected chi connectivity index (χ4v) is 4.86. The highest BCUT2D eigenvalue weighted by molar-refractivity contribution is 5.62. The molecule has 0 unspecified atom stereocenters. The van der Waals surface area contributed by atoms with Gasteiger partial charge in [0.1, 0.15) is 6.26 Å². The van der Waals surface area contributed by atoms with Crippen LogP contribution in [0.5, 0.6) is 0 Å². The monoisotopic (exact) mass is 310 g/mol. The Balaban J connectivity index is 1.40. The molecule has 4 nitrogen and oxygen atoms in total. The first-order valence-corrected chi connectivity index (χ1v) is 8.67. The maximum Gasteiger partial charge on any atom is 0.226 e. The minimum atomic E-state index is 0.399. The number of ether oxygens (including phenoxy) is 1. The molecule has 1 aliphatic heterocycles. The van der Waals surface area contributed by atoms with Crippen LogP contribution in [0.4, 0.5) is 5.69 Å². The van der Waals surface area contributed by atoms with Crippen molar-refractivity contribution in [1.82, 2.24) is 4.98 Å². The maximum atomic E-state index is 6.01. The number of nitrogens with zero attached hydrogens (tertiary/aromatic N) is 1. The molecule has 1 aromatic heterocycles. The zero-order chi connectivity index (χ0) is 15.4. The van der Waals surface area contributed by atoms with Crippen molar-refractivity contribution in [2.75, 3.05) is 11.9 Å². The minimum Gasteiger partial charge on any atom is -0.444 e. The molecule has 3 aliphatic rings. The first-order valence-electron chi connectivity index (χ1n) is 8.67. The number of fused-ring (bicyclic) bond motifs is 2. The summed E-state index contributed by atoms with van der Waals surface area (Å²) >= 11 is 0. The summed E-state index contributed by atoms with van der Waals surface area (Å²) in [4.78, 5) is 4.43. The van der Waals surface area contributed by atoms with Gasteiger partial charge in [-0.15, -0.1) is 0 Å². The Bertz CT molecular complexity index is 734. The van der Waals surface area contributed by atoms with Crippen molar-refractivity contribution >= 4 is 5.69 Å². The number of nitrogens with one attached hydrogen (secondary N) is 1. The number of aromatic nitrogens is 1. The van der Waals surface area contributed by atoms with Crippen molar-refractivity contribution in [3.63, 3.8) is 0 Å². The van der Waals surface area contributed by atoms with Gasteiger partial charge < -0.3 is 14.5 Å². The summed E-state index contributed by atoms with van der Waals surface area (Å²) in [6.07, 6.45) is 7.37. The van der Waals surface area contributed by atoms with E-state index in [4.69, 9.17) is 9.15 Å². The highest BCUT2D eigenvalue weighted by Gasteiger charge is 2.66. The van der Waals surface area contributed by atoms with Crippen LogP contribution in [0.25, 0.3) is 11.5 Å². The van der Waals surface area contributed by atoms with E-state index in [0.29, 0.717) is 29.4 Å². The lowest BCUT2D eigenvalue weighted by atomic mass is 9.46. The molecule has 1 N–H and O–H groups in total. The number of benzene rings is 1. The number of oxazole rings is 1. The third-order valence-corrected chi connectivity index (χ3v) is 6.09. The minimum absolute atomic E-state index is 0.399. The highest BCUT2D eigenvalue weighted by Crippen LogP contribution is 2.63. The van der Waals surface area contributed by atoms with E-state index < -0.39 is 0 Å². The largest absolute Gasteiger partial charge is 0.444 e. The predicted molar refractivity (Wildman–Crippen MR) is 88.2 cm³/mol. The average Bonchev–Trinajstić information content (AvgIpc) is 3.11. The molecule has 1 spiro atoms. The summed E-state index contributed by atoms with van der Waals surface area (Å²) in [7, 11) is 0. The first kappa shape index (κ1) is 13.6. The van der Waals surface area contributed by atoms with Gasteiger partial charge in [0.15, 0.2) is 0 Å². The molecule has 4 heteroatoms. The average molecular weight is 310 g/mol. The van der Waals surface area contributed by atoms with Crippen molar-refractivity contribution in [3.8, 4) is 11.5 Å². The molecule has 1 saturated heterocycles. The van der Waals surface area contributed by atoms with Crippen LogP contribution in [-0.2, 0) is 4.74 Å². The van der Waals surface area contributed by atoms with Crippen molar-refractivity contribution in [2.24, 2.45) is 11.3 Å². The summed E-state index contributed by atoms with van der Waals surface area (Å²) in [6, 6.07) is 8.99. The number of anilines is 1. The van der Waals surface area contributed by atoms with Gasteiger partial charge in [-0.05, 0) is 44.4 Å². The Morgan fingerprint density at radius 1 is 1.30 bits per heavy atom. The lowest BCUT2D eigenvalue weighted by Crippen LogP contribution is -2.68. The lowest BCUT2D eigenvalue weighted by Gasteiger charge is -2.63. The number of aryl methyl sites for hydroxylation is 1. The van der Waals surface area contributed by atoms with E-state index in [9.17, 15) is 0 Å². The normalized spacial score (nSPS) is 30.6. The van der Waals surface area contributed by atoms with Gasteiger partial charge in [-0.25, -0.2) is 4.98 Å². The molecular formula is C19H22N2O2. The van der Waals surface area contributed by atoms with Crippen LogP contribution in [0.15, 0.2) is 34.9 Å². The first-order chi connectivity index (χ1) is 11.3. The van der Waals surface area contributed by atoms with Crippen molar-refractivity contribution in [1.29, 1.82) is 0 Å². The Morgan fingerprint density at radius 3 is 2.96 bits per heavy atom. The molecule has 23 heavy (non-hydrogen) atoms. The summed E-state index contributed by atoms with van der Waals surface area (Å²) in [5.74, 6) is 1.38. The quantitative estimate of drug-likeness (QED) is 0.930. The van der Waals surface area contributed by atoms with Crippen LogP contribution in [0.1, 0.15) is 31.4 Å². The van der Waals surface area contributed by atoms with Crippen molar-refractivity contribution in [3.05, 3.63) is 36.2 Å². The van der Waals surface area contributed by atoms with Gasteiger partial charge in [-0.1, -0.05) is 12.5 Å². The van der Waals surface area contributed by atoms with E-state index in [2.05, 4.69) is 34.6 Å². The summed E-state index contributed by atoms with van der Waals surface area (Å²) in [5, 5.41) is 3.81. The van der Waals surface area contributed by atoms with E-state index in [0.717, 1.165) is 17.9 Å². The van der Waals surface area contributed by atoms with E-state index in [1.165, 1.54) is 31.4 Å². The fraction of sp³-hybridized carbons (Fsp3) is 0.526. The Labute approximate surface area is 136 Å². The van der Waals surface area contributed by atoms with Crippen LogP contribution in [-0.4, -0.2) is 23.7 Å². The molecule has 0 bridgehead atoms. The molecule has 120 valence electrons. The van der Waals surface area contributed by atoms with Crippen LogP contribution in [0, 0.1) is 18.3 Å². The molecule has 2 aliphatic carbocycles. The van der Waals surface area contributed by atoms with E-state index in [1.54, 1.807) is 6.26 Å². The zero-order valence-corrected chi connectivity index (χ0v) is 13.4. The van der Waals surface area contributed by atoms with Gasteiger partial charge in [-0.2, -0.15) is 0 Å². The number of rotatable bonds is 3. The van der Waals surface area contributed by atoms with E-state index >= 15 is 0 Å². The Kier molecular flexibility index (Phi) is 2.87. The molecule has 2 saturated carbocycles. The second-order valence-electron chi connectivity index (χ2n) is 7.33. The van der Waals surface area contributed by atoms with Gasteiger partial charge in [0.05, 0.1) is 11.8 Å². The molecule has 3 fully saturated rings. The third kappa shape index (κ3) is 1.91. The van der Waals surface area contributed by atoms with Crippen LogP contribution >= 0.6 is 0 Å². The Hall–Kier alpha value is -1.81. The zero-order valence-electron chi connectivity index (χ0n) is 13.4. The molecule has 0 amide bonds. The highest BCUT2D eigenvalue weighted by atomic mass is 16.5. The van der Waals surface area contributed by atoms with Gasteiger partial charge in [-0.3, -0.25) is 0 Å². The second-order valence-corrected chi connectivity index (χ2v) is 7.33. The topological polar surface area (TPSA) is 47.3 Å². The summed E-state index contributed by atoms with van der Waals surface area (Å²) < 4.78 is 11.5. The molecule has 5 rings (SSSR count). The van der Waals surface area contributed by atoms with E-state index in [1.807, 2.05) is 6.92 Å². The number of hydrogen-bond donors (Lipinski definition) is 1. The van der Waals surface area contributed by atoms with Crippen LogP contribution in [0.2, 0.25) is 0 Å². The van der Waals surface area contributed by atoms with Crippen LogP contribution in [0.3, 0.4) is 0 Å². The Morgan fingerprint density at radius 2 is 2.22 bits per heavy atom. The molecule has 2 aromatic rings. The molecule has 3 atom stereocenters. The second kappa shape index (κ2) is 4.84. The molecule has 0 radical (unpaired) electrons. The molecule has 2 heterocycles. The molecule has 1 aromatic carbocycles. The SMILES string of the molecule is Cc1coc(-c2cccc(N[C@@H]3[C@@H]4CCO[C@@H]4C34CCC4)c2)n1. The summed E-state index contributed by atoms with van der Waals surface area (Å²) in [5.41, 5.74) is 3.51. The number of hydrogen-bond acceptors (Lipinski definition) is 4. The summed E-state index contributed by atoms with van der Waals surface area (Å²) in [6.45, 7) is 2.88. The standard InChI is InChI=1S/C19H22N2O2/c1-12-11-23-18(20-12)13-4-2-5-14(10-13)21-16-15-6-9-22-17(15)19(16)7-3-8-19/h2,4-5,10-11,15-17,21H,3,6-9H2,1H3/t15-,16+,17-/m0/s1. The maximum absolute atomic E-state index is 6.01. The van der Waals surface area contributed by atoms with Gasteiger partial charge in [0.25, 0.3) is 0 Å².